The first-order valence-corrected chi connectivity index (χ1v) is 7.22. The minimum Gasteiger partial charge on any atom is -0.493 e. The Hall–Kier alpha value is -2.64. The first kappa shape index (κ1) is 17.7. The Morgan fingerprint density at radius 2 is 1.92 bits per heavy atom. The summed E-state index contributed by atoms with van der Waals surface area (Å²) in [6, 6.07) is 6.09. The molecule has 1 aromatic carbocycles. The monoisotopic (exact) mass is 340 g/mol. The molecule has 0 saturated heterocycles. The molecule has 5 nitrogen and oxygen atoms in total. The molecule has 0 spiro atoms. The lowest BCUT2D eigenvalue weighted by molar-refractivity contribution is -0.142. The number of carbonyl (C=O) groups excluding carboxylic acids is 1. The summed E-state index contributed by atoms with van der Waals surface area (Å²) >= 11 is 0. The summed E-state index contributed by atoms with van der Waals surface area (Å²) in [6.45, 7) is 1.48. The van der Waals surface area contributed by atoms with Gasteiger partial charge < -0.3 is 9.72 Å². The molecule has 0 fully saturated rings. The molecule has 8 heteroatoms. The van der Waals surface area contributed by atoms with Crippen LogP contribution in [0.25, 0.3) is 0 Å². The third-order valence-corrected chi connectivity index (χ3v) is 3.30. The van der Waals surface area contributed by atoms with E-state index in [0.717, 1.165) is 0 Å². The van der Waals surface area contributed by atoms with Crippen molar-refractivity contribution in [2.45, 2.75) is 25.9 Å². The number of nitrogens with zero attached hydrogens (tertiary/aromatic N) is 1. The Bertz CT molecular complexity index is 768. The van der Waals surface area contributed by atoms with E-state index in [4.69, 9.17) is 4.74 Å². The van der Waals surface area contributed by atoms with Crippen molar-refractivity contribution in [2.24, 2.45) is 0 Å². The number of aryl methyl sites for hydroxylation is 1. The summed E-state index contributed by atoms with van der Waals surface area (Å²) in [5.74, 6) is 0.380. The second-order valence-corrected chi connectivity index (χ2v) is 4.98. The highest BCUT2D eigenvalue weighted by molar-refractivity contribution is 5.74. The molecule has 1 N–H and O–H groups in total. The van der Waals surface area contributed by atoms with E-state index in [1.807, 2.05) is 0 Å². The second-order valence-electron chi connectivity index (χ2n) is 4.98. The van der Waals surface area contributed by atoms with Gasteiger partial charge >= 0.3 is 6.18 Å². The van der Waals surface area contributed by atoms with Crippen molar-refractivity contribution in [1.82, 2.24) is 9.97 Å². The van der Waals surface area contributed by atoms with Crippen LogP contribution in [-0.2, 0) is 19.0 Å². The fraction of sp³-hybridized carbons (Fsp3) is 0.312. The quantitative estimate of drug-likeness (QED) is 0.821. The minimum atomic E-state index is -4.71. The number of alkyl halides is 3. The molecule has 0 amide bonds. The van der Waals surface area contributed by atoms with Gasteiger partial charge in [-0.1, -0.05) is 6.92 Å². The van der Waals surface area contributed by atoms with Crippen molar-refractivity contribution in [3.8, 4) is 5.75 Å². The molecule has 0 aliphatic heterocycles. The number of nitrogens with one attached hydrogen (secondary N) is 1. The van der Waals surface area contributed by atoms with Gasteiger partial charge in [0.25, 0.3) is 5.56 Å². The van der Waals surface area contributed by atoms with Crippen LogP contribution in [0.3, 0.4) is 0 Å². The molecular weight excluding hydrogens is 325 g/mol. The maximum Gasteiger partial charge on any atom is 0.433 e. The molecule has 0 bridgehead atoms. The summed E-state index contributed by atoms with van der Waals surface area (Å²) in [6.07, 6.45) is -4.09. The highest BCUT2D eigenvalue weighted by Gasteiger charge is 2.37. The lowest BCUT2D eigenvalue weighted by atomic mass is 10.1. The van der Waals surface area contributed by atoms with Crippen LogP contribution in [0.4, 0.5) is 13.2 Å². The molecule has 0 aliphatic carbocycles. The number of aldehydes is 1. The third kappa shape index (κ3) is 4.21. The van der Waals surface area contributed by atoms with Crippen LogP contribution >= 0.6 is 0 Å². The first-order valence-electron chi connectivity index (χ1n) is 7.22. The maximum absolute atomic E-state index is 13.1. The van der Waals surface area contributed by atoms with Gasteiger partial charge in [-0.15, -0.1) is 0 Å². The van der Waals surface area contributed by atoms with E-state index in [1.54, 1.807) is 6.92 Å². The average molecular weight is 340 g/mol. The van der Waals surface area contributed by atoms with E-state index in [-0.39, 0.29) is 25.3 Å². The van der Waals surface area contributed by atoms with Crippen LogP contribution in [0, 0.1) is 0 Å². The Labute approximate surface area is 135 Å². The van der Waals surface area contributed by atoms with Gasteiger partial charge in [0, 0.05) is 18.4 Å². The summed E-state index contributed by atoms with van der Waals surface area (Å²) < 4.78 is 44.6. The van der Waals surface area contributed by atoms with Gasteiger partial charge in [0.05, 0.1) is 12.2 Å². The zero-order valence-corrected chi connectivity index (χ0v) is 12.8. The normalized spacial score (nSPS) is 11.3. The third-order valence-electron chi connectivity index (χ3n) is 3.30. The topological polar surface area (TPSA) is 72.0 Å². The number of ether oxygens (including phenoxy) is 1. The number of aromatic amines is 1. The smallest absolute Gasteiger partial charge is 0.433 e. The van der Waals surface area contributed by atoms with Gasteiger partial charge in [-0.3, -0.25) is 9.59 Å². The van der Waals surface area contributed by atoms with Crippen molar-refractivity contribution in [2.75, 3.05) is 6.61 Å². The lowest BCUT2D eigenvalue weighted by Gasteiger charge is -2.13. The van der Waals surface area contributed by atoms with E-state index in [2.05, 4.69) is 9.97 Å². The fourth-order valence-corrected chi connectivity index (χ4v) is 2.09. The molecule has 1 heterocycles. The van der Waals surface area contributed by atoms with Crippen LogP contribution in [0.5, 0.6) is 5.75 Å². The molecule has 0 atom stereocenters. The van der Waals surface area contributed by atoms with Gasteiger partial charge in [-0.2, -0.15) is 13.2 Å². The number of carbonyl (C=O) groups is 1. The van der Waals surface area contributed by atoms with Gasteiger partial charge in [-0.25, -0.2) is 4.98 Å². The van der Waals surface area contributed by atoms with Gasteiger partial charge in [-0.05, 0) is 24.3 Å². The summed E-state index contributed by atoms with van der Waals surface area (Å²) in [5, 5.41) is 0. The predicted molar refractivity (Wildman–Crippen MR) is 80.3 cm³/mol. The molecule has 0 aliphatic rings. The van der Waals surface area contributed by atoms with Gasteiger partial charge in [0.15, 0.2) is 5.69 Å². The van der Waals surface area contributed by atoms with E-state index < -0.39 is 23.0 Å². The number of aromatic nitrogens is 2. The van der Waals surface area contributed by atoms with Crippen molar-refractivity contribution in [1.29, 1.82) is 0 Å². The SMILES string of the molecule is CCc1nc(C(F)(F)F)c(CCOc2ccc(C=O)cc2)c(=O)[nH]1. The number of benzene rings is 1. The van der Waals surface area contributed by atoms with Crippen molar-refractivity contribution in [3.05, 3.63) is 57.3 Å². The zero-order chi connectivity index (χ0) is 17.7. The van der Waals surface area contributed by atoms with Crippen molar-refractivity contribution >= 4 is 6.29 Å². The van der Waals surface area contributed by atoms with Gasteiger partial charge in [0.2, 0.25) is 0 Å². The largest absolute Gasteiger partial charge is 0.493 e. The first-order chi connectivity index (χ1) is 11.3. The maximum atomic E-state index is 13.1. The van der Waals surface area contributed by atoms with E-state index in [1.165, 1.54) is 24.3 Å². The van der Waals surface area contributed by atoms with Crippen LogP contribution in [0.15, 0.2) is 29.1 Å². The number of H-pyrrole nitrogens is 1. The molecule has 0 radical (unpaired) electrons. The van der Waals surface area contributed by atoms with Crippen molar-refractivity contribution < 1.29 is 22.7 Å². The van der Waals surface area contributed by atoms with Crippen LogP contribution in [-0.4, -0.2) is 22.9 Å². The van der Waals surface area contributed by atoms with E-state index >= 15 is 0 Å². The van der Waals surface area contributed by atoms with Crippen molar-refractivity contribution in [3.63, 3.8) is 0 Å². The molecule has 1 aromatic heterocycles. The zero-order valence-electron chi connectivity index (χ0n) is 12.8. The van der Waals surface area contributed by atoms with Crippen LogP contribution in [0.1, 0.15) is 34.4 Å². The summed E-state index contributed by atoms with van der Waals surface area (Å²) in [5.41, 5.74) is -1.99. The lowest BCUT2D eigenvalue weighted by Crippen LogP contribution is -2.26. The number of halogens is 3. The molecule has 128 valence electrons. The Morgan fingerprint density at radius 3 is 2.46 bits per heavy atom. The molecule has 2 rings (SSSR count). The summed E-state index contributed by atoms with van der Waals surface area (Å²) in [4.78, 5) is 28.3. The van der Waals surface area contributed by atoms with E-state index in [0.29, 0.717) is 17.6 Å². The van der Waals surface area contributed by atoms with E-state index in [9.17, 15) is 22.8 Å². The van der Waals surface area contributed by atoms with Crippen LogP contribution in [0.2, 0.25) is 0 Å². The standard InChI is InChI=1S/C16H15F3N2O3/c1-2-13-20-14(16(17,18)19)12(15(23)21-13)7-8-24-11-5-3-10(9-22)4-6-11/h3-6,9H,2,7-8H2,1H3,(H,20,21,23). The molecule has 0 unspecified atom stereocenters. The van der Waals surface area contributed by atoms with Crippen LogP contribution < -0.4 is 10.3 Å². The molecular formula is C16H15F3N2O3. The Morgan fingerprint density at radius 1 is 1.25 bits per heavy atom. The van der Waals surface area contributed by atoms with Gasteiger partial charge in [0.1, 0.15) is 17.9 Å². The number of rotatable bonds is 6. The highest BCUT2D eigenvalue weighted by Crippen LogP contribution is 2.29. The fourth-order valence-electron chi connectivity index (χ4n) is 2.09. The predicted octanol–water partition coefficient (Wildman–Crippen LogP) is 2.79. The Kier molecular flexibility index (Phi) is 5.38. The average Bonchev–Trinajstić information content (AvgIpc) is 2.55. The summed E-state index contributed by atoms with van der Waals surface area (Å²) in [7, 11) is 0. The second kappa shape index (κ2) is 7.29. The number of hydrogen-bond donors (Lipinski definition) is 1. The Balaban J connectivity index is 2.16. The molecule has 0 saturated carbocycles. The number of hydrogen-bond acceptors (Lipinski definition) is 4. The minimum absolute atomic E-state index is 0.0126. The molecule has 24 heavy (non-hydrogen) atoms. The molecule has 2 aromatic rings. The highest BCUT2D eigenvalue weighted by atomic mass is 19.4.